The fraction of sp³-hybridized carbons (Fsp3) is 0.250. The predicted octanol–water partition coefficient (Wildman–Crippen LogP) is 5.11. The van der Waals surface area contributed by atoms with Crippen molar-refractivity contribution in [2.75, 3.05) is 6.61 Å². The van der Waals surface area contributed by atoms with Gasteiger partial charge in [-0.15, -0.1) is 0 Å². The van der Waals surface area contributed by atoms with E-state index < -0.39 is 11.9 Å². The third-order valence-corrected chi connectivity index (χ3v) is 3.96. The Bertz CT molecular complexity index is 613. The van der Waals surface area contributed by atoms with Gasteiger partial charge in [0.25, 0.3) is 0 Å². The van der Waals surface area contributed by atoms with Gasteiger partial charge in [0, 0.05) is 10.6 Å². The highest BCUT2D eigenvalue weighted by molar-refractivity contribution is 9.10. The molecule has 0 aliphatic rings. The van der Waals surface area contributed by atoms with Crippen molar-refractivity contribution in [3.63, 3.8) is 0 Å². The summed E-state index contributed by atoms with van der Waals surface area (Å²) in [7, 11) is 0. The largest absolute Gasteiger partial charge is 0.492 e. The lowest BCUT2D eigenvalue weighted by atomic mass is 10.0. The normalized spacial score (nSPS) is 12.2. The maximum Gasteiger partial charge on any atom is 0.133 e. The van der Waals surface area contributed by atoms with Gasteiger partial charge >= 0.3 is 0 Å². The average Bonchev–Trinajstić information content (AvgIpc) is 2.45. The number of aliphatic hydroxyl groups excluding tert-OH is 1. The van der Waals surface area contributed by atoms with Gasteiger partial charge in [0.15, 0.2) is 0 Å². The highest BCUT2D eigenvalue weighted by Crippen LogP contribution is 2.34. The van der Waals surface area contributed by atoms with Gasteiger partial charge in [0.2, 0.25) is 0 Å². The first-order chi connectivity index (χ1) is 10.0. The third kappa shape index (κ3) is 3.76. The van der Waals surface area contributed by atoms with Crippen LogP contribution in [-0.4, -0.2) is 11.7 Å². The number of halogens is 3. The van der Waals surface area contributed by atoms with Crippen LogP contribution in [0.3, 0.4) is 0 Å². The van der Waals surface area contributed by atoms with Gasteiger partial charge in [0.05, 0.1) is 11.1 Å². The standard InChI is InChI=1S/C16H15BrClFO2/c1-2-8-21-14-7-6-10(9-11(14)17)16(20)15-12(18)4-3-5-13(15)19/h3-7,9,16,20H,2,8H2,1H3. The van der Waals surface area contributed by atoms with Crippen molar-refractivity contribution < 1.29 is 14.2 Å². The van der Waals surface area contributed by atoms with Crippen LogP contribution in [0.5, 0.6) is 5.75 Å². The van der Waals surface area contributed by atoms with Gasteiger partial charge < -0.3 is 9.84 Å². The number of aliphatic hydroxyl groups is 1. The molecule has 0 saturated carbocycles. The maximum absolute atomic E-state index is 13.9. The molecule has 0 amide bonds. The SMILES string of the molecule is CCCOc1ccc(C(O)c2c(F)cccc2Cl)cc1Br. The maximum atomic E-state index is 13.9. The van der Waals surface area contributed by atoms with Gasteiger partial charge in [-0.05, 0) is 52.2 Å². The minimum atomic E-state index is -1.13. The first-order valence-corrected chi connectivity index (χ1v) is 7.76. The highest BCUT2D eigenvalue weighted by atomic mass is 79.9. The minimum absolute atomic E-state index is 0.0771. The number of hydrogen-bond acceptors (Lipinski definition) is 2. The summed E-state index contributed by atoms with van der Waals surface area (Å²) in [6.07, 6.45) is -0.225. The monoisotopic (exact) mass is 372 g/mol. The second-order valence-corrected chi connectivity index (χ2v) is 5.84. The van der Waals surface area contributed by atoms with Crippen LogP contribution in [0.1, 0.15) is 30.6 Å². The van der Waals surface area contributed by atoms with E-state index >= 15 is 0 Å². The fourth-order valence-corrected chi connectivity index (χ4v) is 2.73. The molecule has 2 aromatic carbocycles. The van der Waals surface area contributed by atoms with Gasteiger partial charge in [-0.3, -0.25) is 0 Å². The Kier molecular flexibility index (Phi) is 5.62. The van der Waals surface area contributed by atoms with Crippen molar-refractivity contribution in [2.24, 2.45) is 0 Å². The lowest BCUT2D eigenvalue weighted by Crippen LogP contribution is -2.04. The summed E-state index contributed by atoms with van der Waals surface area (Å²) < 4.78 is 20.1. The van der Waals surface area contributed by atoms with E-state index in [-0.39, 0.29) is 10.6 Å². The molecule has 0 radical (unpaired) electrons. The molecule has 0 fully saturated rings. The first-order valence-electron chi connectivity index (χ1n) is 6.58. The van der Waals surface area contributed by atoms with Crippen LogP contribution >= 0.6 is 27.5 Å². The zero-order chi connectivity index (χ0) is 15.4. The van der Waals surface area contributed by atoms with Gasteiger partial charge in [-0.2, -0.15) is 0 Å². The van der Waals surface area contributed by atoms with E-state index in [1.807, 2.05) is 6.92 Å². The van der Waals surface area contributed by atoms with Crippen LogP contribution < -0.4 is 4.74 Å². The summed E-state index contributed by atoms with van der Waals surface area (Å²) in [6.45, 7) is 2.63. The number of rotatable bonds is 5. The van der Waals surface area contributed by atoms with Crippen LogP contribution in [0.4, 0.5) is 4.39 Å². The molecule has 2 aromatic rings. The second-order valence-electron chi connectivity index (χ2n) is 4.58. The van der Waals surface area contributed by atoms with Crippen molar-refractivity contribution >= 4 is 27.5 Å². The molecule has 112 valence electrons. The van der Waals surface area contributed by atoms with Crippen LogP contribution in [0.15, 0.2) is 40.9 Å². The molecular formula is C16H15BrClFO2. The molecule has 1 atom stereocenters. The molecule has 2 rings (SSSR count). The van der Waals surface area contributed by atoms with E-state index in [2.05, 4.69) is 15.9 Å². The van der Waals surface area contributed by atoms with Crippen LogP contribution in [0, 0.1) is 5.82 Å². The fourth-order valence-electron chi connectivity index (χ4n) is 1.95. The predicted molar refractivity (Wildman–Crippen MR) is 85.4 cm³/mol. The van der Waals surface area contributed by atoms with Crippen molar-refractivity contribution in [3.05, 3.63) is 62.8 Å². The van der Waals surface area contributed by atoms with E-state index in [0.717, 1.165) is 6.42 Å². The number of benzene rings is 2. The molecule has 1 N–H and O–H groups in total. The van der Waals surface area contributed by atoms with Crippen LogP contribution in [-0.2, 0) is 0 Å². The van der Waals surface area contributed by atoms with Crippen molar-refractivity contribution in [2.45, 2.75) is 19.4 Å². The Morgan fingerprint density at radius 3 is 2.71 bits per heavy atom. The van der Waals surface area contributed by atoms with Crippen molar-refractivity contribution in [1.82, 2.24) is 0 Å². The van der Waals surface area contributed by atoms with E-state index in [4.69, 9.17) is 16.3 Å². The Hall–Kier alpha value is -1.10. The Morgan fingerprint density at radius 1 is 1.33 bits per heavy atom. The van der Waals surface area contributed by atoms with Crippen molar-refractivity contribution in [3.8, 4) is 5.75 Å². The molecule has 5 heteroatoms. The van der Waals surface area contributed by atoms with Gasteiger partial charge in [0.1, 0.15) is 17.7 Å². The Labute approximate surface area is 136 Å². The zero-order valence-corrected chi connectivity index (χ0v) is 13.8. The molecule has 0 spiro atoms. The third-order valence-electron chi connectivity index (χ3n) is 3.01. The first kappa shape index (κ1) is 16.3. The van der Waals surface area contributed by atoms with E-state index in [0.29, 0.717) is 22.4 Å². The summed E-state index contributed by atoms with van der Waals surface area (Å²) in [5.41, 5.74) is 0.617. The quantitative estimate of drug-likeness (QED) is 0.789. The molecule has 0 aliphatic carbocycles. The highest BCUT2D eigenvalue weighted by Gasteiger charge is 2.19. The Morgan fingerprint density at radius 2 is 2.10 bits per heavy atom. The van der Waals surface area contributed by atoms with Crippen molar-refractivity contribution in [1.29, 1.82) is 0 Å². The summed E-state index contributed by atoms with van der Waals surface area (Å²) >= 11 is 9.37. The minimum Gasteiger partial charge on any atom is -0.492 e. The zero-order valence-electron chi connectivity index (χ0n) is 11.4. The summed E-state index contributed by atoms with van der Waals surface area (Å²) in [6, 6.07) is 9.48. The molecule has 0 heterocycles. The molecule has 0 aromatic heterocycles. The van der Waals surface area contributed by atoms with Crippen LogP contribution in [0.2, 0.25) is 5.02 Å². The molecule has 0 aliphatic heterocycles. The smallest absolute Gasteiger partial charge is 0.133 e. The summed E-state index contributed by atoms with van der Waals surface area (Å²) in [5, 5.41) is 10.6. The second kappa shape index (κ2) is 7.25. The van der Waals surface area contributed by atoms with Gasteiger partial charge in [-0.25, -0.2) is 4.39 Å². The average molecular weight is 374 g/mol. The van der Waals surface area contributed by atoms with E-state index in [9.17, 15) is 9.50 Å². The number of hydrogen-bond donors (Lipinski definition) is 1. The lowest BCUT2D eigenvalue weighted by molar-refractivity contribution is 0.215. The van der Waals surface area contributed by atoms with E-state index in [1.54, 1.807) is 24.3 Å². The summed E-state index contributed by atoms with van der Waals surface area (Å²) in [5.74, 6) is 0.157. The molecular weight excluding hydrogens is 359 g/mol. The molecule has 0 bridgehead atoms. The molecule has 2 nitrogen and oxygen atoms in total. The van der Waals surface area contributed by atoms with E-state index in [1.165, 1.54) is 12.1 Å². The Balaban J connectivity index is 2.32. The lowest BCUT2D eigenvalue weighted by Gasteiger charge is -2.15. The number of ether oxygens (including phenoxy) is 1. The molecule has 1 unspecified atom stereocenters. The van der Waals surface area contributed by atoms with Crippen LogP contribution in [0.25, 0.3) is 0 Å². The topological polar surface area (TPSA) is 29.5 Å². The van der Waals surface area contributed by atoms with Gasteiger partial charge in [-0.1, -0.05) is 30.7 Å². The molecule has 0 saturated heterocycles. The summed E-state index contributed by atoms with van der Waals surface area (Å²) in [4.78, 5) is 0. The molecule has 21 heavy (non-hydrogen) atoms.